The van der Waals surface area contributed by atoms with Crippen LogP contribution >= 0.6 is 0 Å². The molecule has 0 atom stereocenters. The summed E-state index contributed by atoms with van der Waals surface area (Å²) in [6.45, 7) is 0.299. The Balaban J connectivity index is 1.66. The van der Waals surface area contributed by atoms with Gasteiger partial charge in [0.15, 0.2) is 0 Å². The summed E-state index contributed by atoms with van der Waals surface area (Å²) in [5.41, 5.74) is 7.84. The van der Waals surface area contributed by atoms with E-state index in [1.165, 1.54) is 6.20 Å². The molecule has 1 amide bonds. The maximum absolute atomic E-state index is 11.1. The molecule has 0 spiro atoms. The topological polar surface area (TPSA) is 107 Å². The SMILES string of the molecule is NC(=O)c1cc(COc2ccc(-c3ccn[nH]3)nc2)ccn1. The predicted molar refractivity (Wildman–Crippen MR) is 78.9 cm³/mol. The summed E-state index contributed by atoms with van der Waals surface area (Å²) in [6, 6.07) is 8.86. The van der Waals surface area contributed by atoms with Crippen LogP contribution in [-0.4, -0.2) is 26.1 Å². The smallest absolute Gasteiger partial charge is 0.267 e. The first kappa shape index (κ1) is 13.7. The Bertz CT molecular complexity index is 769. The number of carbonyl (C=O) groups excluding carboxylic acids is 1. The minimum absolute atomic E-state index is 0.216. The van der Waals surface area contributed by atoms with Crippen molar-refractivity contribution in [3.8, 4) is 17.1 Å². The molecule has 0 unspecified atom stereocenters. The maximum atomic E-state index is 11.1. The van der Waals surface area contributed by atoms with Crippen molar-refractivity contribution in [2.75, 3.05) is 0 Å². The van der Waals surface area contributed by atoms with E-state index in [-0.39, 0.29) is 5.69 Å². The van der Waals surface area contributed by atoms with E-state index in [2.05, 4.69) is 20.2 Å². The standard InChI is InChI=1S/C15H13N5O2/c16-15(21)14-7-10(3-5-17-14)9-22-11-1-2-12(18-8-11)13-4-6-19-20-13/h1-8H,9H2,(H2,16,21)(H,19,20). The molecule has 3 aromatic rings. The molecule has 0 aromatic carbocycles. The average Bonchev–Trinajstić information content (AvgIpc) is 3.08. The van der Waals surface area contributed by atoms with Gasteiger partial charge in [0.1, 0.15) is 18.1 Å². The van der Waals surface area contributed by atoms with Gasteiger partial charge in [0.2, 0.25) is 0 Å². The highest BCUT2D eigenvalue weighted by molar-refractivity contribution is 5.90. The highest BCUT2D eigenvalue weighted by atomic mass is 16.5. The number of amides is 1. The fourth-order valence-corrected chi connectivity index (χ4v) is 1.89. The molecular formula is C15H13N5O2. The zero-order valence-corrected chi connectivity index (χ0v) is 11.6. The molecule has 3 N–H and O–H groups in total. The van der Waals surface area contributed by atoms with E-state index >= 15 is 0 Å². The first-order valence-electron chi connectivity index (χ1n) is 6.56. The molecule has 0 radical (unpaired) electrons. The van der Waals surface area contributed by atoms with Crippen LogP contribution in [0.3, 0.4) is 0 Å². The van der Waals surface area contributed by atoms with Gasteiger partial charge in [-0.2, -0.15) is 5.10 Å². The highest BCUT2D eigenvalue weighted by Crippen LogP contribution is 2.17. The number of pyridine rings is 2. The first-order valence-corrected chi connectivity index (χ1v) is 6.56. The number of hydrogen-bond acceptors (Lipinski definition) is 5. The minimum atomic E-state index is -0.563. The molecule has 22 heavy (non-hydrogen) atoms. The summed E-state index contributed by atoms with van der Waals surface area (Å²) in [5, 5.41) is 6.72. The molecule has 110 valence electrons. The third-order valence-corrected chi connectivity index (χ3v) is 3.00. The zero-order valence-electron chi connectivity index (χ0n) is 11.6. The molecule has 7 nitrogen and oxygen atoms in total. The average molecular weight is 295 g/mol. The lowest BCUT2D eigenvalue weighted by Gasteiger charge is -2.07. The lowest BCUT2D eigenvalue weighted by Crippen LogP contribution is -2.13. The molecule has 0 aliphatic heterocycles. The monoisotopic (exact) mass is 295 g/mol. The maximum Gasteiger partial charge on any atom is 0.267 e. The van der Waals surface area contributed by atoms with Crippen molar-refractivity contribution >= 4 is 5.91 Å². The van der Waals surface area contributed by atoms with Gasteiger partial charge in [-0.15, -0.1) is 0 Å². The summed E-state index contributed by atoms with van der Waals surface area (Å²) >= 11 is 0. The predicted octanol–water partition coefficient (Wildman–Crippen LogP) is 1.54. The van der Waals surface area contributed by atoms with Gasteiger partial charge in [-0.1, -0.05) is 0 Å². The quantitative estimate of drug-likeness (QED) is 0.742. The Morgan fingerprint density at radius 3 is 2.77 bits per heavy atom. The van der Waals surface area contributed by atoms with E-state index in [1.807, 2.05) is 18.2 Å². The normalized spacial score (nSPS) is 10.4. The fraction of sp³-hybridized carbons (Fsp3) is 0.0667. The molecule has 0 bridgehead atoms. The Kier molecular flexibility index (Phi) is 3.78. The summed E-state index contributed by atoms with van der Waals surface area (Å²) in [5.74, 6) is 0.0631. The number of aromatic amines is 1. The van der Waals surface area contributed by atoms with Crippen LogP contribution < -0.4 is 10.5 Å². The molecule has 7 heteroatoms. The summed E-state index contributed by atoms with van der Waals surface area (Å²) < 4.78 is 5.63. The van der Waals surface area contributed by atoms with Crippen LogP contribution in [-0.2, 0) is 6.61 Å². The van der Waals surface area contributed by atoms with E-state index in [0.717, 1.165) is 17.0 Å². The Morgan fingerprint density at radius 1 is 1.18 bits per heavy atom. The molecule has 3 rings (SSSR count). The highest BCUT2D eigenvalue weighted by Gasteiger charge is 2.05. The van der Waals surface area contributed by atoms with Crippen molar-refractivity contribution < 1.29 is 9.53 Å². The zero-order chi connectivity index (χ0) is 15.4. The molecular weight excluding hydrogens is 282 g/mol. The van der Waals surface area contributed by atoms with Crippen molar-refractivity contribution in [1.29, 1.82) is 0 Å². The lowest BCUT2D eigenvalue weighted by atomic mass is 10.2. The number of nitrogens with one attached hydrogen (secondary N) is 1. The number of rotatable bonds is 5. The van der Waals surface area contributed by atoms with E-state index in [1.54, 1.807) is 24.5 Å². The van der Waals surface area contributed by atoms with E-state index < -0.39 is 5.91 Å². The first-order chi connectivity index (χ1) is 10.7. The number of hydrogen-bond donors (Lipinski definition) is 2. The fourth-order valence-electron chi connectivity index (χ4n) is 1.89. The van der Waals surface area contributed by atoms with Crippen LogP contribution in [0.2, 0.25) is 0 Å². The number of nitrogens with two attached hydrogens (primary N) is 1. The number of aromatic nitrogens is 4. The third kappa shape index (κ3) is 3.09. The Labute approximate surface area is 126 Å². The Morgan fingerprint density at radius 2 is 2.09 bits per heavy atom. The number of ether oxygens (including phenoxy) is 1. The van der Waals surface area contributed by atoms with Crippen LogP contribution in [0.5, 0.6) is 5.75 Å². The molecule has 3 aromatic heterocycles. The van der Waals surface area contributed by atoms with Gasteiger partial charge >= 0.3 is 0 Å². The third-order valence-electron chi connectivity index (χ3n) is 3.00. The van der Waals surface area contributed by atoms with Crippen molar-refractivity contribution in [2.45, 2.75) is 6.61 Å². The van der Waals surface area contributed by atoms with Crippen LogP contribution in [0, 0.1) is 0 Å². The van der Waals surface area contributed by atoms with Gasteiger partial charge < -0.3 is 10.5 Å². The molecule has 0 aliphatic rings. The second-order valence-electron chi connectivity index (χ2n) is 4.55. The van der Waals surface area contributed by atoms with Crippen LogP contribution in [0.1, 0.15) is 16.1 Å². The largest absolute Gasteiger partial charge is 0.487 e. The summed E-state index contributed by atoms with van der Waals surface area (Å²) in [6.07, 6.45) is 4.83. The van der Waals surface area contributed by atoms with Crippen molar-refractivity contribution in [3.05, 3.63) is 60.2 Å². The molecule has 3 heterocycles. The van der Waals surface area contributed by atoms with E-state index in [0.29, 0.717) is 12.4 Å². The lowest BCUT2D eigenvalue weighted by molar-refractivity contribution is 0.0995. The minimum Gasteiger partial charge on any atom is -0.487 e. The second kappa shape index (κ2) is 6.04. The van der Waals surface area contributed by atoms with Gasteiger partial charge in [-0.05, 0) is 35.9 Å². The molecule has 0 saturated carbocycles. The summed E-state index contributed by atoms with van der Waals surface area (Å²) in [4.78, 5) is 19.3. The van der Waals surface area contributed by atoms with Gasteiger partial charge in [0, 0.05) is 12.4 Å². The van der Waals surface area contributed by atoms with Gasteiger partial charge in [-0.25, -0.2) is 0 Å². The molecule has 0 saturated heterocycles. The van der Waals surface area contributed by atoms with Gasteiger partial charge in [0.25, 0.3) is 5.91 Å². The summed E-state index contributed by atoms with van der Waals surface area (Å²) in [7, 11) is 0. The van der Waals surface area contributed by atoms with E-state index in [4.69, 9.17) is 10.5 Å². The van der Waals surface area contributed by atoms with Crippen molar-refractivity contribution in [1.82, 2.24) is 20.2 Å². The second-order valence-corrected chi connectivity index (χ2v) is 4.55. The van der Waals surface area contributed by atoms with Crippen molar-refractivity contribution in [2.24, 2.45) is 5.73 Å². The van der Waals surface area contributed by atoms with E-state index in [9.17, 15) is 4.79 Å². The molecule has 0 fully saturated rings. The Hall–Kier alpha value is -3.22. The van der Waals surface area contributed by atoms with Crippen LogP contribution in [0.25, 0.3) is 11.4 Å². The van der Waals surface area contributed by atoms with Crippen LogP contribution in [0.4, 0.5) is 0 Å². The number of H-pyrrole nitrogens is 1. The van der Waals surface area contributed by atoms with Gasteiger partial charge in [-0.3, -0.25) is 19.9 Å². The number of primary amides is 1. The van der Waals surface area contributed by atoms with Gasteiger partial charge in [0.05, 0.1) is 17.6 Å². The number of nitrogens with zero attached hydrogens (tertiary/aromatic N) is 3. The van der Waals surface area contributed by atoms with Crippen LogP contribution in [0.15, 0.2) is 48.9 Å². The van der Waals surface area contributed by atoms with Crippen molar-refractivity contribution in [3.63, 3.8) is 0 Å². The molecule has 0 aliphatic carbocycles. The number of carbonyl (C=O) groups is 1.